The second-order valence-electron chi connectivity index (χ2n) is 7.63. The lowest BCUT2D eigenvalue weighted by Crippen LogP contribution is -2.34. The molecule has 1 aromatic heterocycles. The van der Waals surface area contributed by atoms with E-state index in [0.29, 0.717) is 25.4 Å². The number of amides is 2. The molecule has 2 heterocycles. The Hall–Kier alpha value is -3.61. The maximum absolute atomic E-state index is 13.0. The van der Waals surface area contributed by atoms with Crippen LogP contribution in [0.2, 0.25) is 0 Å². The summed E-state index contributed by atoms with van der Waals surface area (Å²) in [5.74, 6) is 0.178. The van der Waals surface area contributed by atoms with Crippen LogP contribution in [0.3, 0.4) is 0 Å². The first-order valence-corrected chi connectivity index (χ1v) is 10.4. The summed E-state index contributed by atoms with van der Waals surface area (Å²) in [5, 5.41) is 4.39. The van der Waals surface area contributed by atoms with Gasteiger partial charge in [-0.2, -0.15) is 5.10 Å². The number of nitrogens with zero attached hydrogens (tertiary/aromatic N) is 4. The normalized spacial score (nSPS) is 15.9. The van der Waals surface area contributed by atoms with Crippen LogP contribution in [-0.4, -0.2) is 46.7 Å². The van der Waals surface area contributed by atoms with Crippen LogP contribution in [0.1, 0.15) is 18.9 Å². The fourth-order valence-corrected chi connectivity index (χ4v) is 3.89. The quantitative estimate of drug-likeness (QED) is 0.591. The second kappa shape index (κ2) is 9.04. The average Bonchev–Trinajstić information content (AvgIpc) is 3.41. The van der Waals surface area contributed by atoms with Crippen molar-refractivity contribution in [1.82, 2.24) is 14.7 Å². The Bertz CT molecular complexity index is 1060. The summed E-state index contributed by atoms with van der Waals surface area (Å²) in [6.07, 6.45) is 3.89. The topological polar surface area (TPSA) is 67.7 Å². The van der Waals surface area contributed by atoms with Crippen LogP contribution in [-0.2, 0) is 16.1 Å². The molecule has 7 nitrogen and oxygen atoms in total. The van der Waals surface area contributed by atoms with Crippen LogP contribution in [0.5, 0.6) is 5.75 Å². The van der Waals surface area contributed by atoms with E-state index in [1.54, 1.807) is 27.7 Å². The van der Waals surface area contributed by atoms with Crippen molar-refractivity contribution in [3.63, 3.8) is 0 Å². The predicted octanol–water partition coefficient (Wildman–Crippen LogP) is 3.28. The highest BCUT2D eigenvalue weighted by Crippen LogP contribution is 2.33. The zero-order valence-electron chi connectivity index (χ0n) is 17.8. The Kier molecular flexibility index (Phi) is 6.02. The Morgan fingerprint density at radius 1 is 1.16 bits per heavy atom. The Morgan fingerprint density at radius 3 is 2.68 bits per heavy atom. The van der Waals surface area contributed by atoms with Gasteiger partial charge in [-0.1, -0.05) is 30.3 Å². The molecule has 0 spiro atoms. The van der Waals surface area contributed by atoms with Gasteiger partial charge >= 0.3 is 0 Å². The van der Waals surface area contributed by atoms with Gasteiger partial charge in [0, 0.05) is 38.3 Å². The third-order valence-corrected chi connectivity index (χ3v) is 5.38. The number of benzene rings is 2. The second-order valence-corrected chi connectivity index (χ2v) is 7.63. The van der Waals surface area contributed by atoms with E-state index in [0.717, 1.165) is 16.9 Å². The van der Waals surface area contributed by atoms with Gasteiger partial charge in [0.2, 0.25) is 11.8 Å². The minimum atomic E-state index is -0.378. The molecule has 2 amide bonds. The maximum atomic E-state index is 13.0. The molecule has 0 N–H and O–H groups in total. The van der Waals surface area contributed by atoms with Gasteiger partial charge in [-0.15, -0.1) is 0 Å². The van der Waals surface area contributed by atoms with E-state index in [1.807, 2.05) is 67.7 Å². The van der Waals surface area contributed by atoms with Crippen molar-refractivity contribution >= 4 is 17.5 Å². The first-order valence-electron chi connectivity index (χ1n) is 10.4. The van der Waals surface area contributed by atoms with Crippen LogP contribution in [0, 0.1) is 5.92 Å². The third kappa shape index (κ3) is 4.45. The fourth-order valence-electron chi connectivity index (χ4n) is 3.89. The van der Waals surface area contributed by atoms with Crippen molar-refractivity contribution in [2.45, 2.75) is 19.9 Å². The first-order chi connectivity index (χ1) is 15.1. The lowest BCUT2D eigenvalue weighted by molar-refractivity contribution is -0.135. The van der Waals surface area contributed by atoms with Crippen molar-refractivity contribution in [3.8, 4) is 11.4 Å². The number of hydrogen-bond donors (Lipinski definition) is 0. The van der Waals surface area contributed by atoms with E-state index in [1.165, 1.54) is 0 Å². The van der Waals surface area contributed by atoms with Crippen molar-refractivity contribution in [3.05, 3.63) is 72.6 Å². The molecule has 1 atom stereocenters. The number of ether oxygens (including phenoxy) is 1. The monoisotopic (exact) mass is 418 g/mol. The minimum Gasteiger partial charge on any atom is -0.492 e. The molecule has 0 aliphatic carbocycles. The first kappa shape index (κ1) is 20.7. The van der Waals surface area contributed by atoms with Gasteiger partial charge in [0.1, 0.15) is 5.75 Å². The summed E-state index contributed by atoms with van der Waals surface area (Å²) in [6, 6.07) is 17.3. The average molecular weight is 418 g/mol. The fraction of sp³-hybridized carbons (Fsp3) is 0.292. The van der Waals surface area contributed by atoms with E-state index in [9.17, 15) is 9.59 Å². The Balaban J connectivity index is 1.42. The van der Waals surface area contributed by atoms with Gasteiger partial charge in [0.25, 0.3) is 0 Å². The van der Waals surface area contributed by atoms with Gasteiger partial charge in [-0.05, 0) is 31.2 Å². The molecular weight excluding hydrogens is 392 g/mol. The molecule has 31 heavy (non-hydrogen) atoms. The van der Waals surface area contributed by atoms with Crippen molar-refractivity contribution < 1.29 is 14.3 Å². The lowest BCUT2D eigenvalue weighted by Gasteiger charge is -2.22. The molecule has 1 fully saturated rings. The summed E-state index contributed by atoms with van der Waals surface area (Å²) in [6.45, 7) is 3.21. The molecule has 7 heteroatoms. The van der Waals surface area contributed by atoms with Gasteiger partial charge in [-0.3, -0.25) is 9.59 Å². The zero-order chi connectivity index (χ0) is 21.8. The highest BCUT2D eigenvalue weighted by molar-refractivity contribution is 6.01. The van der Waals surface area contributed by atoms with Crippen LogP contribution < -0.4 is 9.64 Å². The number of carbonyl (C=O) groups excluding carboxylic acids is 2. The molecule has 2 aromatic carbocycles. The van der Waals surface area contributed by atoms with Gasteiger partial charge in [-0.25, -0.2) is 4.68 Å². The van der Waals surface area contributed by atoms with Gasteiger partial charge in [0.15, 0.2) is 0 Å². The van der Waals surface area contributed by atoms with E-state index in [4.69, 9.17) is 4.74 Å². The molecule has 1 unspecified atom stereocenters. The molecule has 4 rings (SSSR count). The number of para-hydroxylation sites is 3. The zero-order valence-corrected chi connectivity index (χ0v) is 17.8. The molecule has 0 radical (unpaired) electrons. The smallest absolute Gasteiger partial charge is 0.228 e. The minimum absolute atomic E-state index is 0.0443. The highest BCUT2D eigenvalue weighted by atomic mass is 16.5. The number of anilines is 1. The summed E-state index contributed by atoms with van der Waals surface area (Å²) in [5.41, 5.74) is 2.62. The SMILES string of the molecule is CCOc1ccccc1N1CC(C(=O)N(C)Cc2cnn(-c3ccccc3)c2)CC1=O. The van der Waals surface area contributed by atoms with Crippen LogP contribution in [0.25, 0.3) is 5.69 Å². The summed E-state index contributed by atoms with van der Waals surface area (Å²) < 4.78 is 7.45. The van der Waals surface area contributed by atoms with E-state index < -0.39 is 0 Å². The predicted molar refractivity (Wildman–Crippen MR) is 118 cm³/mol. The molecule has 1 saturated heterocycles. The number of carbonyl (C=O) groups is 2. The molecule has 160 valence electrons. The molecule has 0 bridgehead atoms. The highest BCUT2D eigenvalue weighted by Gasteiger charge is 2.37. The molecular formula is C24H26N4O3. The van der Waals surface area contributed by atoms with Crippen molar-refractivity contribution in [1.29, 1.82) is 0 Å². The van der Waals surface area contributed by atoms with E-state index in [-0.39, 0.29) is 24.2 Å². The molecule has 1 aliphatic rings. The van der Waals surface area contributed by atoms with Crippen LogP contribution >= 0.6 is 0 Å². The summed E-state index contributed by atoms with van der Waals surface area (Å²) in [7, 11) is 1.77. The van der Waals surface area contributed by atoms with Crippen LogP contribution in [0.4, 0.5) is 5.69 Å². The van der Waals surface area contributed by atoms with Gasteiger partial charge in [0.05, 0.1) is 30.1 Å². The maximum Gasteiger partial charge on any atom is 0.228 e. The lowest BCUT2D eigenvalue weighted by atomic mass is 10.1. The Morgan fingerprint density at radius 2 is 1.90 bits per heavy atom. The summed E-state index contributed by atoms with van der Waals surface area (Å²) >= 11 is 0. The number of aromatic nitrogens is 2. The molecule has 1 aliphatic heterocycles. The molecule has 3 aromatic rings. The summed E-state index contributed by atoms with van der Waals surface area (Å²) in [4.78, 5) is 29.1. The number of rotatable bonds is 7. The largest absolute Gasteiger partial charge is 0.492 e. The van der Waals surface area contributed by atoms with Crippen molar-refractivity contribution in [2.75, 3.05) is 25.1 Å². The third-order valence-electron chi connectivity index (χ3n) is 5.38. The Labute approximate surface area is 181 Å². The van der Waals surface area contributed by atoms with Crippen LogP contribution in [0.15, 0.2) is 67.0 Å². The standard InChI is InChI=1S/C24H26N4O3/c1-3-31-22-12-8-7-11-21(22)27-17-19(13-23(27)29)24(30)26(2)15-18-14-25-28(16-18)20-9-5-4-6-10-20/h4-12,14,16,19H,3,13,15,17H2,1-2H3. The van der Waals surface area contributed by atoms with Crippen molar-refractivity contribution in [2.24, 2.45) is 5.92 Å². The van der Waals surface area contributed by atoms with E-state index in [2.05, 4.69) is 5.10 Å². The van der Waals surface area contributed by atoms with E-state index >= 15 is 0 Å². The van der Waals surface area contributed by atoms with Gasteiger partial charge < -0.3 is 14.5 Å². The molecule has 0 saturated carbocycles. The number of hydrogen-bond acceptors (Lipinski definition) is 4.